The first-order chi connectivity index (χ1) is 10.1. The van der Waals surface area contributed by atoms with Crippen LogP contribution in [0.1, 0.15) is 10.4 Å². The van der Waals surface area contributed by atoms with E-state index in [9.17, 15) is 4.79 Å². The number of thioether (sulfide) groups is 1. The van der Waals surface area contributed by atoms with E-state index in [1.807, 2.05) is 30.3 Å². The molecular formula is C15H12Br2O3S. The highest BCUT2D eigenvalue weighted by Crippen LogP contribution is 2.27. The number of carboxylic acids is 1. The van der Waals surface area contributed by atoms with Gasteiger partial charge in [-0.3, -0.25) is 0 Å². The molecule has 0 radical (unpaired) electrons. The molecule has 0 atom stereocenters. The summed E-state index contributed by atoms with van der Waals surface area (Å²) in [5, 5.41) is 9.15. The first-order valence-electron chi connectivity index (χ1n) is 6.10. The molecule has 6 heteroatoms. The molecule has 0 amide bonds. The summed E-state index contributed by atoms with van der Waals surface area (Å²) in [6.45, 7) is 0.512. The minimum absolute atomic E-state index is 0.312. The van der Waals surface area contributed by atoms with Crippen LogP contribution in [0.25, 0.3) is 0 Å². The summed E-state index contributed by atoms with van der Waals surface area (Å²) in [5.41, 5.74) is 0.312. The van der Waals surface area contributed by atoms with E-state index >= 15 is 0 Å². The summed E-state index contributed by atoms with van der Waals surface area (Å²) in [7, 11) is 0. The average molecular weight is 432 g/mol. The minimum atomic E-state index is -0.918. The predicted octanol–water partition coefficient (Wildman–Crippen LogP) is 5.08. The maximum atomic E-state index is 11.2. The SMILES string of the molecule is O=C(O)c1ccc(Br)cc1SCCOc1ccc(Br)cc1. The van der Waals surface area contributed by atoms with Crippen molar-refractivity contribution in [3.05, 3.63) is 57.0 Å². The van der Waals surface area contributed by atoms with Crippen LogP contribution >= 0.6 is 43.6 Å². The van der Waals surface area contributed by atoms with E-state index < -0.39 is 5.97 Å². The van der Waals surface area contributed by atoms with Gasteiger partial charge in [0, 0.05) is 19.6 Å². The molecule has 0 unspecified atom stereocenters. The molecule has 0 aromatic heterocycles. The van der Waals surface area contributed by atoms with E-state index in [4.69, 9.17) is 9.84 Å². The number of hydrogen-bond acceptors (Lipinski definition) is 3. The second-order valence-corrected chi connectivity index (χ2v) is 7.06. The van der Waals surface area contributed by atoms with Crippen molar-refractivity contribution in [3.63, 3.8) is 0 Å². The van der Waals surface area contributed by atoms with E-state index in [-0.39, 0.29) is 0 Å². The lowest BCUT2D eigenvalue weighted by Crippen LogP contribution is -2.02. The molecule has 21 heavy (non-hydrogen) atoms. The number of benzene rings is 2. The molecule has 0 bridgehead atoms. The van der Waals surface area contributed by atoms with Crippen molar-refractivity contribution in [3.8, 4) is 5.75 Å². The average Bonchev–Trinajstić information content (AvgIpc) is 2.45. The zero-order valence-electron chi connectivity index (χ0n) is 10.9. The largest absolute Gasteiger partial charge is 0.493 e. The quantitative estimate of drug-likeness (QED) is 0.511. The Morgan fingerprint density at radius 1 is 1.10 bits per heavy atom. The Balaban J connectivity index is 1.90. The normalized spacial score (nSPS) is 10.4. The molecule has 2 aromatic rings. The van der Waals surface area contributed by atoms with Crippen LogP contribution in [0.5, 0.6) is 5.75 Å². The number of carbonyl (C=O) groups is 1. The Morgan fingerprint density at radius 3 is 2.43 bits per heavy atom. The molecule has 0 aliphatic rings. The predicted molar refractivity (Wildman–Crippen MR) is 91.5 cm³/mol. The highest BCUT2D eigenvalue weighted by atomic mass is 79.9. The molecular weight excluding hydrogens is 420 g/mol. The van der Waals surface area contributed by atoms with Crippen LogP contribution in [0, 0.1) is 0 Å². The molecule has 1 N–H and O–H groups in total. The second-order valence-electron chi connectivity index (χ2n) is 4.10. The number of rotatable bonds is 6. The summed E-state index contributed by atoms with van der Waals surface area (Å²) in [6.07, 6.45) is 0. The molecule has 2 rings (SSSR count). The van der Waals surface area contributed by atoms with Gasteiger partial charge in [-0.25, -0.2) is 4.79 Å². The second kappa shape index (κ2) is 7.87. The summed E-state index contributed by atoms with van der Waals surface area (Å²) in [5.74, 6) is 0.553. The first kappa shape index (κ1) is 16.4. The summed E-state index contributed by atoms with van der Waals surface area (Å²) in [6, 6.07) is 12.7. The fourth-order valence-corrected chi connectivity index (χ4v) is 3.32. The maximum Gasteiger partial charge on any atom is 0.336 e. The minimum Gasteiger partial charge on any atom is -0.493 e. The lowest BCUT2D eigenvalue weighted by molar-refractivity contribution is 0.0693. The van der Waals surface area contributed by atoms with Gasteiger partial charge in [0.15, 0.2) is 0 Å². The van der Waals surface area contributed by atoms with Crippen LogP contribution in [-0.2, 0) is 0 Å². The van der Waals surface area contributed by atoms with Gasteiger partial charge in [-0.1, -0.05) is 31.9 Å². The lowest BCUT2D eigenvalue weighted by atomic mass is 10.2. The van der Waals surface area contributed by atoms with Crippen LogP contribution in [0.15, 0.2) is 56.3 Å². The summed E-state index contributed by atoms with van der Waals surface area (Å²) < 4.78 is 7.48. The Bertz CT molecular complexity index is 629. The third kappa shape index (κ3) is 5.05. The van der Waals surface area contributed by atoms with Gasteiger partial charge in [0.2, 0.25) is 0 Å². The van der Waals surface area contributed by atoms with Crippen molar-refractivity contribution in [2.45, 2.75) is 4.90 Å². The van der Waals surface area contributed by atoms with E-state index in [2.05, 4.69) is 31.9 Å². The monoisotopic (exact) mass is 430 g/mol. The van der Waals surface area contributed by atoms with E-state index in [1.54, 1.807) is 12.1 Å². The topological polar surface area (TPSA) is 46.5 Å². The van der Waals surface area contributed by atoms with Crippen LogP contribution < -0.4 is 4.74 Å². The molecule has 3 nitrogen and oxygen atoms in total. The Hall–Kier alpha value is -0.980. The van der Waals surface area contributed by atoms with Crippen LogP contribution in [0.4, 0.5) is 0 Å². The van der Waals surface area contributed by atoms with Crippen molar-refractivity contribution in [1.82, 2.24) is 0 Å². The maximum absolute atomic E-state index is 11.2. The Morgan fingerprint density at radius 2 is 1.76 bits per heavy atom. The van der Waals surface area contributed by atoms with E-state index in [1.165, 1.54) is 11.8 Å². The van der Waals surface area contributed by atoms with Crippen molar-refractivity contribution in [1.29, 1.82) is 0 Å². The van der Waals surface area contributed by atoms with E-state index in [0.29, 0.717) is 17.9 Å². The Labute approximate surface area is 144 Å². The molecule has 0 heterocycles. The van der Waals surface area contributed by atoms with E-state index in [0.717, 1.165) is 19.6 Å². The molecule has 0 spiro atoms. The summed E-state index contributed by atoms with van der Waals surface area (Å²) >= 11 is 8.19. The Kier molecular flexibility index (Phi) is 6.14. The van der Waals surface area contributed by atoms with Gasteiger partial charge in [0.05, 0.1) is 12.2 Å². The van der Waals surface area contributed by atoms with Crippen LogP contribution in [-0.4, -0.2) is 23.4 Å². The third-order valence-corrected chi connectivity index (χ3v) is 4.64. The van der Waals surface area contributed by atoms with Gasteiger partial charge in [-0.15, -0.1) is 11.8 Å². The number of carboxylic acid groups (broad SMARTS) is 1. The molecule has 0 saturated carbocycles. The lowest BCUT2D eigenvalue weighted by Gasteiger charge is -2.08. The highest BCUT2D eigenvalue weighted by Gasteiger charge is 2.10. The van der Waals surface area contributed by atoms with Gasteiger partial charge in [0.25, 0.3) is 0 Å². The molecule has 2 aromatic carbocycles. The van der Waals surface area contributed by atoms with Gasteiger partial charge in [-0.05, 0) is 42.5 Å². The van der Waals surface area contributed by atoms with Crippen molar-refractivity contribution < 1.29 is 14.6 Å². The highest BCUT2D eigenvalue weighted by molar-refractivity contribution is 9.10. The zero-order chi connectivity index (χ0) is 15.2. The number of halogens is 2. The van der Waals surface area contributed by atoms with Crippen LogP contribution in [0.3, 0.4) is 0 Å². The van der Waals surface area contributed by atoms with Gasteiger partial charge < -0.3 is 9.84 Å². The number of ether oxygens (including phenoxy) is 1. The zero-order valence-corrected chi connectivity index (χ0v) is 14.9. The fourth-order valence-electron chi connectivity index (χ4n) is 1.63. The fraction of sp³-hybridized carbons (Fsp3) is 0.133. The van der Waals surface area contributed by atoms with Crippen molar-refractivity contribution >= 4 is 49.6 Å². The smallest absolute Gasteiger partial charge is 0.336 e. The number of hydrogen-bond donors (Lipinski definition) is 1. The molecule has 0 aliphatic carbocycles. The number of aromatic carboxylic acids is 1. The third-order valence-electron chi connectivity index (χ3n) is 2.60. The van der Waals surface area contributed by atoms with Gasteiger partial charge in [-0.2, -0.15) is 0 Å². The molecule has 0 aliphatic heterocycles. The summed E-state index contributed by atoms with van der Waals surface area (Å²) in [4.78, 5) is 11.9. The van der Waals surface area contributed by atoms with Crippen molar-refractivity contribution in [2.24, 2.45) is 0 Å². The van der Waals surface area contributed by atoms with Crippen LogP contribution in [0.2, 0.25) is 0 Å². The molecule has 0 fully saturated rings. The van der Waals surface area contributed by atoms with Gasteiger partial charge in [0.1, 0.15) is 5.75 Å². The first-order valence-corrected chi connectivity index (χ1v) is 8.67. The van der Waals surface area contributed by atoms with Gasteiger partial charge >= 0.3 is 5.97 Å². The molecule has 0 saturated heterocycles. The molecule has 110 valence electrons. The standard InChI is InChI=1S/C15H12Br2O3S/c16-10-1-4-12(5-2-10)20-7-8-21-14-9-11(17)3-6-13(14)15(18)19/h1-6,9H,7-8H2,(H,18,19). The van der Waals surface area contributed by atoms with Crippen molar-refractivity contribution in [2.75, 3.05) is 12.4 Å².